The molecule has 0 radical (unpaired) electrons. The van der Waals surface area contributed by atoms with Crippen LogP contribution in [0.15, 0.2) is 109 Å². The van der Waals surface area contributed by atoms with Crippen LogP contribution >= 0.6 is 0 Å². The van der Waals surface area contributed by atoms with E-state index in [0.29, 0.717) is 6.54 Å². The van der Waals surface area contributed by atoms with Crippen LogP contribution in [0.5, 0.6) is 0 Å². The maximum absolute atomic E-state index is 13.1. The zero-order valence-corrected chi connectivity index (χ0v) is 30.2. The molecule has 2 saturated heterocycles. The number of likely N-dealkylation sites (N-methyl/N-ethyl adjacent to an activating group) is 1. The number of imide groups is 1. The first-order chi connectivity index (χ1) is 25.6. The van der Waals surface area contributed by atoms with E-state index in [1.807, 2.05) is 123 Å². The molecule has 4 aromatic rings. The number of nitrogens with zero attached hydrogens (tertiary/aromatic N) is 2. The molecule has 4 aromatic carbocycles. The minimum atomic E-state index is -0.994. The molecule has 0 aromatic heterocycles. The molecule has 2 heterocycles. The first-order valence-corrected chi connectivity index (χ1v) is 18.0. The number of nitrogens with one attached hydrogen (secondary N) is 1. The minimum Gasteiger partial charge on any atom is -0.445 e. The van der Waals surface area contributed by atoms with Crippen LogP contribution in [-0.2, 0) is 43.6 Å². The molecule has 0 spiro atoms. The highest BCUT2D eigenvalue weighted by Crippen LogP contribution is 2.42. The fourth-order valence-corrected chi connectivity index (χ4v) is 6.78. The summed E-state index contributed by atoms with van der Waals surface area (Å²) < 4.78 is 18.5. The second kappa shape index (κ2) is 17.3. The van der Waals surface area contributed by atoms with Crippen LogP contribution in [0.25, 0.3) is 0 Å². The number of amides is 3. The Morgan fingerprint density at radius 3 is 2.17 bits per heavy atom. The standard InChI is InChI=1S/C42H47N3O8/c1-27-36(24-44(3)28(2)38(48)32-12-8-5-9-13-32)52-41(53-39(27)33-18-16-30(25-46)17-19-33)34-20-14-29(15-21-34)23-45-37(47)22-35(40(45)49)43-42(50)51-26-31-10-6-4-7-11-31/h4-21,27-28,35-36,38-39,41,46,48H,22-26H2,1-3H3,(H,43,50)/t27-,28-,35?,36+,38-,39+,41+/m1/s1. The van der Waals surface area contributed by atoms with Crippen molar-refractivity contribution in [3.63, 3.8) is 0 Å². The molecule has 7 atom stereocenters. The summed E-state index contributed by atoms with van der Waals surface area (Å²) in [6, 6.07) is 32.7. The molecule has 2 aliphatic rings. The van der Waals surface area contributed by atoms with Crippen molar-refractivity contribution in [2.75, 3.05) is 13.6 Å². The Morgan fingerprint density at radius 2 is 1.51 bits per heavy atom. The van der Waals surface area contributed by atoms with Crippen LogP contribution in [0.3, 0.4) is 0 Å². The van der Waals surface area contributed by atoms with Gasteiger partial charge in [0.15, 0.2) is 6.29 Å². The van der Waals surface area contributed by atoms with Gasteiger partial charge in [0.2, 0.25) is 5.91 Å². The lowest BCUT2D eigenvalue weighted by Crippen LogP contribution is -2.46. The van der Waals surface area contributed by atoms with Gasteiger partial charge in [-0.3, -0.25) is 19.4 Å². The Hall–Kier alpha value is -4.91. The number of hydrogen-bond donors (Lipinski definition) is 3. The topological polar surface area (TPSA) is 138 Å². The van der Waals surface area contributed by atoms with Crippen molar-refractivity contribution in [1.82, 2.24) is 15.1 Å². The fourth-order valence-electron chi connectivity index (χ4n) is 6.78. The van der Waals surface area contributed by atoms with Gasteiger partial charge in [0.25, 0.3) is 5.91 Å². The third kappa shape index (κ3) is 9.19. The highest BCUT2D eigenvalue weighted by Gasteiger charge is 2.41. The van der Waals surface area contributed by atoms with E-state index in [1.165, 1.54) is 0 Å². The molecule has 11 heteroatoms. The maximum atomic E-state index is 13.1. The Morgan fingerprint density at radius 1 is 0.887 bits per heavy atom. The number of rotatable bonds is 13. The summed E-state index contributed by atoms with van der Waals surface area (Å²) in [6.45, 7) is 4.67. The molecule has 1 unspecified atom stereocenters. The smallest absolute Gasteiger partial charge is 0.408 e. The first kappa shape index (κ1) is 37.8. The van der Waals surface area contributed by atoms with E-state index in [4.69, 9.17) is 14.2 Å². The Kier molecular flexibility index (Phi) is 12.3. The molecule has 3 amide bonds. The molecule has 11 nitrogen and oxygen atoms in total. The number of likely N-dealkylation sites (tertiary alicyclic amines) is 1. The lowest BCUT2D eigenvalue weighted by molar-refractivity contribution is -0.276. The summed E-state index contributed by atoms with van der Waals surface area (Å²) in [5, 5.41) is 23.3. The molecule has 2 aliphatic heterocycles. The molecular formula is C42H47N3O8. The third-order valence-electron chi connectivity index (χ3n) is 10.2. The van der Waals surface area contributed by atoms with Gasteiger partial charge in [0.05, 0.1) is 37.9 Å². The van der Waals surface area contributed by atoms with Crippen LogP contribution in [0.1, 0.15) is 72.1 Å². The largest absolute Gasteiger partial charge is 0.445 e. The van der Waals surface area contributed by atoms with Gasteiger partial charge >= 0.3 is 6.09 Å². The molecular weight excluding hydrogens is 674 g/mol. The third-order valence-corrected chi connectivity index (χ3v) is 10.2. The molecule has 278 valence electrons. The van der Waals surface area contributed by atoms with E-state index < -0.39 is 30.4 Å². The maximum Gasteiger partial charge on any atom is 0.408 e. The summed E-state index contributed by atoms with van der Waals surface area (Å²) in [7, 11) is 1.98. The number of aliphatic hydroxyl groups excluding tert-OH is 2. The summed E-state index contributed by atoms with van der Waals surface area (Å²) in [4.78, 5) is 41.6. The monoisotopic (exact) mass is 721 g/mol. The summed E-state index contributed by atoms with van der Waals surface area (Å²) in [5.74, 6) is -0.926. The normalized spacial score (nSPS) is 22.8. The van der Waals surface area contributed by atoms with E-state index in [0.717, 1.165) is 38.3 Å². The lowest BCUT2D eigenvalue weighted by Gasteiger charge is -2.43. The van der Waals surface area contributed by atoms with Gasteiger partial charge in [-0.15, -0.1) is 0 Å². The van der Waals surface area contributed by atoms with Crippen molar-refractivity contribution < 1.29 is 38.8 Å². The van der Waals surface area contributed by atoms with Crippen molar-refractivity contribution in [2.45, 2.75) is 76.7 Å². The van der Waals surface area contributed by atoms with Gasteiger partial charge in [-0.1, -0.05) is 116 Å². The van der Waals surface area contributed by atoms with E-state index >= 15 is 0 Å². The number of aliphatic hydroxyl groups is 2. The van der Waals surface area contributed by atoms with Gasteiger partial charge in [0, 0.05) is 24.1 Å². The SMILES string of the molecule is C[C@@H]1[C@H](CN(C)[C@H](C)[C@@H](O)c2ccccc2)O[C@H](c2ccc(CN3C(=O)CC(NC(=O)OCc4ccccc4)C3=O)cc2)O[C@@H]1c1ccc(CO)cc1. The number of alkyl carbamates (subject to hydrolysis) is 1. The first-order valence-electron chi connectivity index (χ1n) is 18.0. The van der Waals surface area contributed by atoms with E-state index in [2.05, 4.69) is 17.1 Å². The van der Waals surface area contributed by atoms with Crippen molar-refractivity contribution in [3.8, 4) is 0 Å². The molecule has 2 fully saturated rings. The quantitative estimate of drug-likeness (QED) is 0.151. The minimum absolute atomic E-state index is 0.0491. The lowest BCUT2D eigenvalue weighted by atomic mass is 9.89. The highest BCUT2D eigenvalue weighted by molar-refractivity contribution is 6.06. The van der Waals surface area contributed by atoms with Gasteiger partial charge in [0.1, 0.15) is 12.6 Å². The Labute approximate surface area is 310 Å². The number of carbonyl (C=O) groups is 3. The highest BCUT2D eigenvalue weighted by atomic mass is 16.7. The van der Waals surface area contributed by atoms with E-state index in [-0.39, 0.29) is 56.3 Å². The number of benzene rings is 4. The van der Waals surface area contributed by atoms with Gasteiger partial charge in [-0.2, -0.15) is 0 Å². The average molecular weight is 722 g/mol. The van der Waals surface area contributed by atoms with Gasteiger partial charge in [-0.05, 0) is 41.8 Å². The van der Waals surface area contributed by atoms with Crippen molar-refractivity contribution >= 4 is 17.9 Å². The van der Waals surface area contributed by atoms with Crippen molar-refractivity contribution in [3.05, 3.63) is 143 Å². The Bertz CT molecular complexity index is 1820. The van der Waals surface area contributed by atoms with Crippen LogP contribution in [0, 0.1) is 5.92 Å². The molecule has 0 saturated carbocycles. The van der Waals surface area contributed by atoms with Crippen LogP contribution in [0.2, 0.25) is 0 Å². The molecule has 53 heavy (non-hydrogen) atoms. The number of carbonyl (C=O) groups excluding carboxylic acids is 3. The van der Waals surface area contributed by atoms with Crippen molar-refractivity contribution in [2.24, 2.45) is 5.92 Å². The second-order valence-electron chi connectivity index (χ2n) is 13.9. The summed E-state index contributed by atoms with van der Waals surface area (Å²) in [6.07, 6.45) is -2.90. The summed E-state index contributed by atoms with van der Waals surface area (Å²) >= 11 is 0. The van der Waals surface area contributed by atoms with Gasteiger partial charge < -0.3 is 29.7 Å². The Balaban J connectivity index is 1.12. The average Bonchev–Trinajstić information content (AvgIpc) is 3.45. The molecule has 0 aliphatic carbocycles. The predicted octanol–water partition coefficient (Wildman–Crippen LogP) is 5.58. The molecule has 3 N–H and O–H groups in total. The van der Waals surface area contributed by atoms with Crippen LogP contribution in [0.4, 0.5) is 4.79 Å². The van der Waals surface area contributed by atoms with Crippen LogP contribution < -0.4 is 5.32 Å². The summed E-state index contributed by atoms with van der Waals surface area (Å²) in [5.41, 5.74) is 4.91. The van der Waals surface area contributed by atoms with Crippen molar-refractivity contribution in [1.29, 1.82) is 0 Å². The zero-order chi connectivity index (χ0) is 37.5. The van der Waals surface area contributed by atoms with Crippen LogP contribution in [-0.4, -0.2) is 69.7 Å². The second-order valence-corrected chi connectivity index (χ2v) is 13.9. The molecule has 0 bridgehead atoms. The number of hydrogen-bond acceptors (Lipinski definition) is 9. The number of ether oxygens (including phenoxy) is 3. The fraction of sp³-hybridized carbons (Fsp3) is 0.357. The molecule has 6 rings (SSSR count). The van der Waals surface area contributed by atoms with E-state index in [9.17, 15) is 24.6 Å². The predicted molar refractivity (Wildman–Crippen MR) is 197 cm³/mol. The van der Waals surface area contributed by atoms with Gasteiger partial charge in [-0.25, -0.2) is 4.79 Å². The zero-order valence-electron chi connectivity index (χ0n) is 30.2. The van der Waals surface area contributed by atoms with E-state index in [1.54, 1.807) is 0 Å².